The van der Waals surface area contributed by atoms with Gasteiger partial charge in [0.25, 0.3) is 0 Å². The number of aromatic nitrogens is 3. The second kappa shape index (κ2) is 6.61. The molecule has 1 fully saturated rings. The molecule has 2 aromatic heterocycles. The van der Waals surface area contributed by atoms with Gasteiger partial charge in [0.1, 0.15) is 11.6 Å². The predicted molar refractivity (Wildman–Crippen MR) is 107 cm³/mol. The van der Waals surface area contributed by atoms with Crippen molar-refractivity contribution < 1.29 is 4.39 Å². The van der Waals surface area contributed by atoms with Crippen molar-refractivity contribution in [2.24, 2.45) is 0 Å². The van der Waals surface area contributed by atoms with Crippen LogP contribution in [0.15, 0.2) is 48.7 Å². The Balaban J connectivity index is 1.39. The minimum absolute atomic E-state index is 0.202. The SMILES string of the molecule is Fc1ccc2nccc(C3CCC(c4nc5cc(Cl)ccc5[nH]4)CC3)c2c1. The first kappa shape index (κ1) is 16.7. The molecule has 0 bridgehead atoms. The minimum Gasteiger partial charge on any atom is -0.342 e. The summed E-state index contributed by atoms with van der Waals surface area (Å²) < 4.78 is 13.7. The van der Waals surface area contributed by atoms with Crippen molar-refractivity contribution in [3.05, 3.63) is 70.9 Å². The summed E-state index contributed by atoms with van der Waals surface area (Å²) in [6.07, 6.45) is 6.11. The highest BCUT2D eigenvalue weighted by molar-refractivity contribution is 6.31. The molecular weight excluding hydrogens is 361 g/mol. The third-order valence-corrected chi connectivity index (χ3v) is 5.99. The van der Waals surface area contributed by atoms with E-state index in [0.29, 0.717) is 16.9 Å². The van der Waals surface area contributed by atoms with Gasteiger partial charge in [0.2, 0.25) is 0 Å². The molecule has 0 unspecified atom stereocenters. The Bertz CT molecular complexity index is 1130. The molecule has 27 heavy (non-hydrogen) atoms. The van der Waals surface area contributed by atoms with Crippen molar-refractivity contribution in [2.75, 3.05) is 0 Å². The second-order valence-corrected chi connectivity index (χ2v) is 7.83. The Morgan fingerprint density at radius 3 is 2.59 bits per heavy atom. The van der Waals surface area contributed by atoms with Gasteiger partial charge in [-0.25, -0.2) is 9.37 Å². The number of nitrogens with one attached hydrogen (secondary N) is 1. The lowest BCUT2D eigenvalue weighted by molar-refractivity contribution is 0.388. The van der Waals surface area contributed by atoms with Gasteiger partial charge >= 0.3 is 0 Å². The lowest BCUT2D eigenvalue weighted by Gasteiger charge is -2.28. The largest absolute Gasteiger partial charge is 0.342 e. The number of pyridine rings is 1. The topological polar surface area (TPSA) is 41.6 Å². The van der Waals surface area contributed by atoms with Crippen LogP contribution in [0.25, 0.3) is 21.9 Å². The van der Waals surface area contributed by atoms with E-state index in [0.717, 1.165) is 53.4 Å². The molecule has 1 aliphatic rings. The monoisotopic (exact) mass is 379 g/mol. The van der Waals surface area contributed by atoms with Gasteiger partial charge in [0.05, 0.1) is 16.6 Å². The molecule has 0 saturated heterocycles. The molecule has 1 saturated carbocycles. The van der Waals surface area contributed by atoms with Crippen LogP contribution in [-0.4, -0.2) is 15.0 Å². The Labute approximate surface area is 161 Å². The Morgan fingerprint density at radius 1 is 0.926 bits per heavy atom. The normalized spacial score (nSPS) is 20.4. The second-order valence-electron chi connectivity index (χ2n) is 7.39. The summed E-state index contributed by atoms with van der Waals surface area (Å²) in [6.45, 7) is 0. The smallest absolute Gasteiger partial charge is 0.123 e. The molecule has 5 rings (SSSR count). The van der Waals surface area contributed by atoms with Gasteiger partial charge in [0.15, 0.2) is 0 Å². The zero-order chi connectivity index (χ0) is 18.4. The van der Waals surface area contributed by atoms with Crippen molar-refractivity contribution in [3.8, 4) is 0 Å². The van der Waals surface area contributed by atoms with E-state index in [9.17, 15) is 4.39 Å². The predicted octanol–water partition coefficient (Wildman–Crippen LogP) is 6.35. The Kier molecular flexibility index (Phi) is 4.09. The number of H-pyrrole nitrogens is 1. The average molecular weight is 380 g/mol. The maximum absolute atomic E-state index is 13.7. The fraction of sp³-hybridized carbons (Fsp3) is 0.273. The average Bonchev–Trinajstić information content (AvgIpc) is 3.11. The van der Waals surface area contributed by atoms with Gasteiger partial charge in [-0.1, -0.05) is 11.6 Å². The highest BCUT2D eigenvalue weighted by Gasteiger charge is 2.26. The van der Waals surface area contributed by atoms with E-state index in [4.69, 9.17) is 16.6 Å². The molecule has 2 heterocycles. The number of rotatable bonds is 2. The Hall–Kier alpha value is -2.46. The van der Waals surface area contributed by atoms with Crippen LogP contribution in [0.4, 0.5) is 4.39 Å². The highest BCUT2D eigenvalue weighted by atomic mass is 35.5. The van der Waals surface area contributed by atoms with Crippen LogP contribution in [-0.2, 0) is 0 Å². The first-order valence-corrected chi connectivity index (χ1v) is 9.74. The number of aromatic amines is 1. The van der Waals surface area contributed by atoms with E-state index < -0.39 is 0 Å². The molecule has 0 aliphatic heterocycles. The van der Waals surface area contributed by atoms with Gasteiger partial charge < -0.3 is 4.98 Å². The van der Waals surface area contributed by atoms with E-state index in [-0.39, 0.29) is 5.82 Å². The van der Waals surface area contributed by atoms with Gasteiger partial charge in [-0.2, -0.15) is 0 Å². The van der Waals surface area contributed by atoms with Crippen LogP contribution in [0, 0.1) is 5.82 Å². The molecular formula is C22H19ClFN3. The van der Waals surface area contributed by atoms with Gasteiger partial charge in [-0.15, -0.1) is 0 Å². The van der Waals surface area contributed by atoms with E-state index in [1.807, 2.05) is 24.4 Å². The summed E-state index contributed by atoms with van der Waals surface area (Å²) in [7, 11) is 0. The molecule has 3 nitrogen and oxygen atoms in total. The summed E-state index contributed by atoms with van der Waals surface area (Å²) in [5.74, 6) is 1.72. The van der Waals surface area contributed by atoms with Crippen LogP contribution in [0.3, 0.4) is 0 Å². The zero-order valence-corrected chi connectivity index (χ0v) is 15.5. The summed E-state index contributed by atoms with van der Waals surface area (Å²) in [5, 5.41) is 1.65. The number of hydrogen-bond donors (Lipinski definition) is 1. The van der Waals surface area contributed by atoms with Crippen molar-refractivity contribution in [1.29, 1.82) is 0 Å². The van der Waals surface area contributed by atoms with Crippen molar-refractivity contribution in [1.82, 2.24) is 15.0 Å². The molecule has 136 valence electrons. The van der Waals surface area contributed by atoms with E-state index in [1.165, 1.54) is 11.6 Å². The lowest BCUT2D eigenvalue weighted by atomic mass is 9.77. The summed E-state index contributed by atoms with van der Waals surface area (Å²) >= 11 is 6.07. The fourth-order valence-electron chi connectivity index (χ4n) is 4.37. The van der Waals surface area contributed by atoms with Crippen LogP contribution in [0.2, 0.25) is 5.02 Å². The van der Waals surface area contributed by atoms with Gasteiger partial charge in [0, 0.05) is 22.5 Å². The third kappa shape index (κ3) is 3.08. The van der Waals surface area contributed by atoms with Crippen LogP contribution >= 0.6 is 11.6 Å². The van der Waals surface area contributed by atoms with Gasteiger partial charge in [-0.05, 0) is 79.6 Å². The molecule has 1 N–H and O–H groups in total. The molecule has 0 spiro atoms. The van der Waals surface area contributed by atoms with E-state index in [2.05, 4.69) is 16.0 Å². The van der Waals surface area contributed by atoms with Crippen molar-refractivity contribution >= 4 is 33.5 Å². The van der Waals surface area contributed by atoms with Crippen LogP contribution < -0.4 is 0 Å². The molecule has 5 heteroatoms. The third-order valence-electron chi connectivity index (χ3n) is 5.75. The number of hydrogen-bond acceptors (Lipinski definition) is 2. The summed E-state index contributed by atoms with van der Waals surface area (Å²) in [4.78, 5) is 12.6. The summed E-state index contributed by atoms with van der Waals surface area (Å²) in [6, 6.07) is 12.7. The molecule has 0 atom stereocenters. The molecule has 2 aromatic carbocycles. The van der Waals surface area contributed by atoms with Gasteiger partial charge in [-0.3, -0.25) is 4.98 Å². The number of fused-ring (bicyclic) bond motifs is 2. The number of imidazole rings is 1. The lowest BCUT2D eigenvalue weighted by Crippen LogP contribution is -2.13. The zero-order valence-electron chi connectivity index (χ0n) is 14.8. The maximum Gasteiger partial charge on any atom is 0.123 e. The van der Waals surface area contributed by atoms with E-state index >= 15 is 0 Å². The quantitative estimate of drug-likeness (QED) is 0.441. The molecule has 4 aromatic rings. The Morgan fingerprint density at radius 2 is 1.74 bits per heavy atom. The maximum atomic E-state index is 13.7. The van der Waals surface area contributed by atoms with E-state index in [1.54, 1.807) is 12.1 Å². The fourth-order valence-corrected chi connectivity index (χ4v) is 4.53. The number of benzene rings is 2. The standard InChI is InChI=1S/C22H19ClFN3/c23-15-5-7-20-21(11-15)27-22(26-20)14-3-1-13(2-4-14)17-9-10-25-19-8-6-16(24)12-18(17)19/h5-14H,1-4H2,(H,26,27). The highest BCUT2D eigenvalue weighted by Crippen LogP contribution is 2.41. The molecule has 0 radical (unpaired) electrons. The summed E-state index contributed by atoms with van der Waals surface area (Å²) in [5.41, 5.74) is 4.04. The minimum atomic E-state index is -0.202. The van der Waals surface area contributed by atoms with Crippen LogP contribution in [0.1, 0.15) is 48.9 Å². The molecule has 0 amide bonds. The number of nitrogens with zero attached hydrogens (tertiary/aromatic N) is 2. The molecule has 1 aliphatic carbocycles. The first-order valence-electron chi connectivity index (χ1n) is 9.37. The first-order chi connectivity index (χ1) is 13.2. The van der Waals surface area contributed by atoms with Crippen LogP contribution in [0.5, 0.6) is 0 Å². The van der Waals surface area contributed by atoms with Crippen molar-refractivity contribution in [3.63, 3.8) is 0 Å². The number of halogens is 2. The van der Waals surface area contributed by atoms with Crippen molar-refractivity contribution in [2.45, 2.75) is 37.5 Å².